The van der Waals surface area contributed by atoms with Crippen LogP contribution in [0.3, 0.4) is 0 Å². The van der Waals surface area contributed by atoms with Crippen LogP contribution in [-0.2, 0) is 22.7 Å². The Bertz CT molecular complexity index is 1120. The molecule has 1 heterocycles. The number of hydrogen-bond acceptors (Lipinski definition) is 6. The fourth-order valence-corrected chi connectivity index (χ4v) is 5.67. The predicted octanol–water partition coefficient (Wildman–Crippen LogP) is 3.09. The Labute approximate surface area is 202 Å². The van der Waals surface area contributed by atoms with E-state index in [4.69, 9.17) is 4.74 Å². The van der Waals surface area contributed by atoms with E-state index in [-0.39, 0.29) is 18.1 Å². The standard InChI is InChI=1S/C25H37N3O5S/c1-6-23-27-20(15-28(23)21-8-7-18(13-17(2)3)14-22(21)33-4)24(29)26-16-25(30)11-9-19(10-12-25)34(5,31)32/h7-8,14-15,17,19,30H,6,9-13,16H2,1-5H3,(H,26,29). The first-order valence-corrected chi connectivity index (χ1v) is 13.9. The van der Waals surface area contributed by atoms with Gasteiger partial charge < -0.3 is 15.2 Å². The molecule has 188 valence electrons. The first kappa shape index (κ1) is 26.2. The van der Waals surface area contributed by atoms with Crippen molar-refractivity contribution in [2.24, 2.45) is 5.92 Å². The molecule has 1 fully saturated rings. The maximum Gasteiger partial charge on any atom is 0.271 e. The van der Waals surface area contributed by atoms with Crippen LogP contribution in [0.15, 0.2) is 24.4 Å². The van der Waals surface area contributed by atoms with Crippen molar-refractivity contribution in [3.8, 4) is 11.4 Å². The molecule has 0 unspecified atom stereocenters. The van der Waals surface area contributed by atoms with Crippen molar-refractivity contribution < 1.29 is 23.1 Å². The average molecular weight is 492 g/mol. The number of carbonyl (C=O) groups excluding carboxylic acids is 1. The van der Waals surface area contributed by atoms with Crippen molar-refractivity contribution in [2.45, 2.75) is 70.1 Å². The number of benzene rings is 1. The van der Waals surface area contributed by atoms with Crippen LogP contribution in [0.2, 0.25) is 0 Å². The zero-order valence-corrected chi connectivity index (χ0v) is 21.6. The molecule has 0 aliphatic heterocycles. The van der Waals surface area contributed by atoms with E-state index in [0.717, 1.165) is 17.9 Å². The number of nitrogens with zero attached hydrogens (tertiary/aromatic N) is 2. The number of amides is 1. The highest BCUT2D eigenvalue weighted by Gasteiger charge is 2.37. The van der Waals surface area contributed by atoms with Gasteiger partial charge in [-0.15, -0.1) is 0 Å². The molecule has 2 aromatic rings. The average Bonchev–Trinajstić information content (AvgIpc) is 3.21. The van der Waals surface area contributed by atoms with Gasteiger partial charge in [0.05, 0.1) is 23.6 Å². The second-order valence-electron chi connectivity index (χ2n) is 9.81. The SMILES string of the molecule is CCc1nc(C(=O)NCC2(O)CCC(S(C)(=O)=O)CC2)cn1-c1ccc(CC(C)C)cc1OC. The number of sulfone groups is 1. The molecule has 0 atom stereocenters. The first-order valence-electron chi connectivity index (χ1n) is 11.9. The van der Waals surface area contributed by atoms with E-state index in [9.17, 15) is 18.3 Å². The van der Waals surface area contributed by atoms with E-state index < -0.39 is 20.7 Å². The van der Waals surface area contributed by atoms with Gasteiger partial charge in [-0.05, 0) is 55.7 Å². The highest BCUT2D eigenvalue weighted by molar-refractivity contribution is 7.91. The van der Waals surface area contributed by atoms with E-state index in [1.54, 1.807) is 13.3 Å². The van der Waals surface area contributed by atoms with Crippen molar-refractivity contribution in [3.05, 3.63) is 41.5 Å². The molecule has 34 heavy (non-hydrogen) atoms. The topological polar surface area (TPSA) is 111 Å². The molecular weight excluding hydrogens is 454 g/mol. The van der Waals surface area contributed by atoms with Gasteiger partial charge in [0.2, 0.25) is 0 Å². The van der Waals surface area contributed by atoms with E-state index >= 15 is 0 Å². The quantitative estimate of drug-likeness (QED) is 0.558. The number of nitrogens with one attached hydrogen (secondary N) is 1. The molecule has 1 saturated carbocycles. The molecule has 3 rings (SSSR count). The number of ether oxygens (including phenoxy) is 1. The Morgan fingerprint density at radius 1 is 1.32 bits per heavy atom. The van der Waals surface area contributed by atoms with Crippen LogP contribution >= 0.6 is 0 Å². The Balaban J connectivity index is 1.74. The van der Waals surface area contributed by atoms with Crippen LogP contribution in [0.4, 0.5) is 0 Å². The van der Waals surface area contributed by atoms with Crippen LogP contribution in [0.25, 0.3) is 5.69 Å². The molecule has 8 nitrogen and oxygen atoms in total. The lowest BCUT2D eigenvalue weighted by Crippen LogP contribution is -2.47. The maximum atomic E-state index is 12.9. The smallest absolute Gasteiger partial charge is 0.271 e. The van der Waals surface area contributed by atoms with Gasteiger partial charge in [-0.1, -0.05) is 26.8 Å². The third-order valence-electron chi connectivity index (χ3n) is 6.52. The van der Waals surface area contributed by atoms with Gasteiger partial charge in [-0.3, -0.25) is 9.36 Å². The van der Waals surface area contributed by atoms with E-state index in [1.807, 2.05) is 23.6 Å². The number of hydrogen-bond donors (Lipinski definition) is 2. The van der Waals surface area contributed by atoms with Crippen molar-refractivity contribution in [1.29, 1.82) is 0 Å². The summed E-state index contributed by atoms with van der Waals surface area (Å²) in [5, 5.41) is 13.2. The van der Waals surface area contributed by atoms with Gasteiger partial charge in [0.1, 0.15) is 27.1 Å². The summed E-state index contributed by atoms with van der Waals surface area (Å²) in [4.78, 5) is 17.4. The molecule has 1 aliphatic carbocycles. The highest BCUT2D eigenvalue weighted by atomic mass is 32.2. The molecule has 0 saturated heterocycles. The third kappa shape index (κ3) is 6.18. The fraction of sp³-hybridized carbons (Fsp3) is 0.600. The van der Waals surface area contributed by atoms with Crippen LogP contribution in [0.5, 0.6) is 5.75 Å². The van der Waals surface area contributed by atoms with Gasteiger partial charge in [0.25, 0.3) is 5.91 Å². The second kappa shape index (κ2) is 10.5. The number of rotatable bonds is 9. The fourth-order valence-electron chi connectivity index (χ4n) is 4.57. The van der Waals surface area contributed by atoms with Gasteiger partial charge in [-0.2, -0.15) is 0 Å². The lowest BCUT2D eigenvalue weighted by Gasteiger charge is -2.35. The van der Waals surface area contributed by atoms with Crippen LogP contribution < -0.4 is 10.1 Å². The molecule has 1 aromatic carbocycles. The molecule has 1 amide bonds. The van der Waals surface area contributed by atoms with Crippen LogP contribution in [-0.4, -0.2) is 59.7 Å². The van der Waals surface area contributed by atoms with E-state index in [2.05, 4.69) is 30.2 Å². The van der Waals surface area contributed by atoms with Crippen molar-refractivity contribution >= 4 is 15.7 Å². The molecule has 2 N–H and O–H groups in total. The molecule has 0 spiro atoms. The Kier molecular flexibility index (Phi) is 8.08. The number of carbonyl (C=O) groups is 1. The summed E-state index contributed by atoms with van der Waals surface area (Å²) in [6, 6.07) is 6.08. The van der Waals surface area contributed by atoms with Gasteiger partial charge >= 0.3 is 0 Å². The van der Waals surface area contributed by atoms with Crippen molar-refractivity contribution in [2.75, 3.05) is 19.9 Å². The monoisotopic (exact) mass is 491 g/mol. The molecular formula is C25H37N3O5S. The Morgan fingerprint density at radius 2 is 2.00 bits per heavy atom. The van der Waals surface area contributed by atoms with Crippen molar-refractivity contribution in [3.63, 3.8) is 0 Å². The Hall–Kier alpha value is -2.39. The summed E-state index contributed by atoms with van der Waals surface area (Å²) in [5.74, 6) is 1.60. The predicted molar refractivity (Wildman–Crippen MR) is 132 cm³/mol. The summed E-state index contributed by atoms with van der Waals surface area (Å²) >= 11 is 0. The number of aliphatic hydroxyl groups is 1. The van der Waals surface area contributed by atoms with Crippen molar-refractivity contribution in [1.82, 2.24) is 14.9 Å². The normalized spacial score (nSPS) is 21.0. The first-order chi connectivity index (χ1) is 16.0. The number of aromatic nitrogens is 2. The summed E-state index contributed by atoms with van der Waals surface area (Å²) in [7, 11) is -1.49. The van der Waals surface area contributed by atoms with Gasteiger partial charge in [0, 0.05) is 25.4 Å². The number of aryl methyl sites for hydroxylation is 1. The van der Waals surface area contributed by atoms with E-state index in [0.29, 0.717) is 43.8 Å². The molecule has 9 heteroatoms. The number of imidazole rings is 1. The van der Waals surface area contributed by atoms with Crippen LogP contribution in [0, 0.1) is 5.92 Å². The molecule has 1 aliphatic rings. The van der Waals surface area contributed by atoms with Gasteiger partial charge in [-0.25, -0.2) is 13.4 Å². The summed E-state index contributed by atoms with van der Waals surface area (Å²) in [6.45, 7) is 6.38. The highest BCUT2D eigenvalue weighted by Crippen LogP contribution is 2.31. The largest absolute Gasteiger partial charge is 0.495 e. The lowest BCUT2D eigenvalue weighted by atomic mass is 9.84. The van der Waals surface area contributed by atoms with E-state index in [1.165, 1.54) is 11.8 Å². The zero-order chi connectivity index (χ0) is 25.1. The minimum atomic E-state index is -3.12. The Morgan fingerprint density at radius 3 is 2.56 bits per heavy atom. The minimum Gasteiger partial charge on any atom is -0.495 e. The summed E-state index contributed by atoms with van der Waals surface area (Å²) in [6.07, 6.45) is 5.96. The van der Waals surface area contributed by atoms with Gasteiger partial charge in [0.15, 0.2) is 0 Å². The maximum absolute atomic E-state index is 12.9. The summed E-state index contributed by atoms with van der Waals surface area (Å²) in [5.41, 5.74) is 1.16. The zero-order valence-electron chi connectivity index (χ0n) is 20.8. The lowest BCUT2D eigenvalue weighted by molar-refractivity contribution is 0.00607. The number of methoxy groups -OCH3 is 1. The molecule has 1 aromatic heterocycles. The summed E-state index contributed by atoms with van der Waals surface area (Å²) < 4.78 is 31.0. The molecule has 0 bridgehead atoms. The van der Waals surface area contributed by atoms with Crippen LogP contribution in [0.1, 0.15) is 68.3 Å². The minimum absolute atomic E-state index is 0.0594. The third-order valence-corrected chi connectivity index (χ3v) is 8.20. The molecule has 0 radical (unpaired) electrons. The second-order valence-corrected chi connectivity index (χ2v) is 12.1.